The number of hydrogen-bond acceptors (Lipinski definition) is 3. The van der Waals surface area contributed by atoms with E-state index in [-0.39, 0.29) is 17.8 Å². The molecule has 0 aliphatic heterocycles. The van der Waals surface area contributed by atoms with E-state index in [2.05, 4.69) is 15.1 Å². The lowest BCUT2D eigenvalue weighted by molar-refractivity contribution is 0.795. The molecule has 5 nitrogen and oxygen atoms in total. The molecule has 0 unspecified atom stereocenters. The maximum Gasteiger partial charge on any atom is 0.215 e. The van der Waals surface area contributed by atoms with Crippen molar-refractivity contribution in [1.82, 2.24) is 19.7 Å². The quantitative estimate of drug-likeness (QED) is 0.616. The second kappa shape index (κ2) is 5.85. The van der Waals surface area contributed by atoms with Gasteiger partial charge in [-0.25, -0.2) is 0 Å². The van der Waals surface area contributed by atoms with E-state index in [9.17, 15) is 4.79 Å². The molecule has 4 rings (SSSR count). The Kier molecular flexibility index (Phi) is 3.88. The van der Waals surface area contributed by atoms with Crippen molar-refractivity contribution in [2.45, 2.75) is 6.42 Å². The smallest absolute Gasteiger partial charge is 0.215 e. The molecule has 0 radical (unpaired) electrons. The molecule has 0 fully saturated rings. The minimum Gasteiger partial charge on any atom is -0.352 e. The summed E-state index contributed by atoms with van der Waals surface area (Å²) in [4.78, 5) is 20.1. The largest absolute Gasteiger partial charge is 0.352 e. The Hall–Kier alpha value is -2.66. The summed E-state index contributed by atoms with van der Waals surface area (Å²) in [6.45, 7) is 0. The zero-order valence-corrected chi connectivity index (χ0v) is 13.3. The number of rotatable bonds is 2. The molecule has 1 N–H and O–H groups in total. The van der Waals surface area contributed by atoms with E-state index in [1.165, 1.54) is 0 Å². The number of hydrogen-bond donors (Lipinski definition) is 1. The van der Waals surface area contributed by atoms with Crippen LogP contribution in [0.1, 0.15) is 11.1 Å². The van der Waals surface area contributed by atoms with E-state index in [0.717, 1.165) is 28.6 Å². The lowest BCUT2D eigenvalue weighted by Gasteiger charge is -2.05. The first-order chi connectivity index (χ1) is 10.7. The van der Waals surface area contributed by atoms with Crippen molar-refractivity contribution in [3.05, 3.63) is 70.3 Å². The van der Waals surface area contributed by atoms with Gasteiger partial charge in [-0.15, -0.1) is 12.4 Å². The Bertz CT molecular complexity index is 1040. The first-order valence-corrected chi connectivity index (χ1v) is 7.08. The standard InChI is InChI=1S/C17H14N4O.ClH/c1-21-16-15(10-19-21)20-14-5-4-11(8-13(14)17(16)22)7-12-3-2-6-18-9-12;/h2-6,8-10H,7H2,1H3,(H,20,22);1H. The van der Waals surface area contributed by atoms with Crippen molar-refractivity contribution in [2.75, 3.05) is 0 Å². The molecule has 0 atom stereocenters. The third kappa shape index (κ3) is 2.59. The monoisotopic (exact) mass is 326 g/mol. The zero-order valence-electron chi connectivity index (χ0n) is 12.5. The lowest BCUT2D eigenvalue weighted by atomic mass is 10.0. The number of nitrogens with one attached hydrogen (secondary N) is 1. The van der Waals surface area contributed by atoms with Gasteiger partial charge in [-0.2, -0.15) is 5.10 Å². The maximum atomic E-state index is 12.7. The van der Waals surface area contributed by atoms with Crippen LogP contribution in [0.5, 0.6) is 0 Å². The maximum absolute atomic E-state index is 12.7. The van der Waals surface area contributed by atoms with Crippen LogP contribution in [0.15, 0.2) is 53.7 Å². The van der Waals surface area contributed by atoms with Gasteiger partial charge >= 0.3 is 0 Å². The van der Waals surface area contributed by atoms with Crippen LogP contribution in [0.25, 0.3) is 21.9 Å². The van der Waals surface area contributed by atoms with Crippen LogP contribution < -0.4 is 5.43 Å². The minimum absolute atomic E-state index is 0. The predicted molar refractivity (Wildman–Crippen MR) is 93.1 cm³/mol. The number of halogens is 1. The second-order valence-electron chi connectivity index (χ2n) is 5.40. The summed E-state index contributed by atoms with van der Waals surface area (Å²) in [6.07, 6.45) is 6.04. The molecule has 3 heterocycles. The molecule has 6 heteroatoms. The van der Waals surface area contributed by atoms with E-state index < -0.39 is 0 Å². The molecule has 0 saturated carbocycles. The van der Waals surface area contributed by atoms with Crippen molar-refractivity contribution in [1.29, 1.82) is 0 Å². The van der Waals surface area contributed by atoms with Gasteiger partial charge < -0.3 is 4.98 Å². The van der Waals surface area contributed by atoms with Crippen molar-refractivity contribution in [2.24, 2.45) is 7.05 Å². The van der Waals surface area contributed by atoms with Crippen molar-refractivity contribution >= 4 is 34.3 Å². The van der Waals surface area contributed by atoms with Gasteiger partial charge in [-0.1, -0.05) is 12.1 Å². The van der Waals surface area contributed by atoms with Crippen LogP contribution >= 0.6 is 12.4 Å². The Balaban J connectivity index is 0.00000156. The number of pyridine rings is 2. The fraction of sp³-hybridized carbons (Fsp3) is 0.118. The van der Waals surface area contributed by atoms with Crippen molar-refractivity contribution in [3.8, 4) is 0 Å². The Morgan fingerprint density at radius 1 is 1.13 bits per heavy atom. The summed E-state index contributed by atoms with van der Waals surface area (Å²) in [7, 11) is 1.78. The lowest BCUT2D eigenvalue weighted by Crippen LogP contribution is -2.08. The molecule has 0 aliphatic carbocycles. The summed E-state index contributed by atoms with van der Waals surface area (Å²) in [5.74, 6) is 0. The molecule has 4 aromatic rings. The Labute approximate surface area is 138 Å². The Morgan fingerprint density at radius 2 is 2.00 bits per heavy atom. The van der Waals surface area contributed by atoms with Gasteiger partial charge in [0.05, 0.1) is 11.7 Å². The highest BCUT2D eigenvalue weighted by atomic mass is 35.5. The van der Waals surface area contributed by atoms with E-state index in [4.69, 9.17) is 0 Å². The average molecular weight is 327 g/mol. The number of aromatic amines is 1. The van der Waals surface area contributed by atoms with E-state index in [0.29, 0.717) is 10.9 Å². The molecule has 23 heavy (non-hydrogen) atoms. The fourth-order valence-corrected chi connectivity index (χ4v) is 2.81. The number of nitrogens with zero attached hydrogens (tertiary/aromatic N) is 3. The molecule has 0 amide bonds. The molecule has 3 aromatic heterocycles. The minimum atomic E-state index is 0. The summed E-state index contributed by atoms with van der Waals surface area (Å²) in [5, 5.41) is 4.84. The van der Waals surface area contributed by atoms with Gasteiger partial charge in [0.2, 0.25) is 5.43 Å². The highest BCUT2D eigenvalue weighted by Gasteiger charge is 2.10. The molecule has 0 aliphatic rings. The number of benzene rings is 1. The van der Waals surface area contributed by atoms with E-state index >= 15 is 0 Å². The van der Waals surface area contributed by atoms with Crippen LogP contribution in [0.3, 0.4) is 0 Å². The van der Waals surface area contributed by atoms with Gasteiger partial charge in [-0.3, -0.25) is 14.5 Å². The molecule has 0 bridgehead atoms. The van der Waals surface area contributed by atoms with Gasteiger partial charge in [0.25, 0.3) is 0 Å². The first kappa shape index (κ1) is 15.2. The zero-order chi connectivity index (χ0) is 15.1. The molecular weight excluding hydrogens is 312 g/mol. The molecule has 116 valence electrons. The highest BCUT2D eigenvalue weighted by molar-refractivity contribution is 5.90. The Morgan fingerprint density at radius 3 is 2.78 bits per heavy atom. The van der Waals surface area contributed by atoms with Gasteiger partial charge in [0.1, 0.15) is 5.52 Å². The van der Waals surface area contributed by atoms with Gasteiger partial charge in [-0.05, 0) is 35.7 Å². The summed E-state index contributed by atoms with van der Waals surface area (Å²) >= 11 is 0. The van der Waals surface area contributed by atoms with Crippen LogP contribution in [-0.4, -0.2) is 19.7 Å². The van der Waals surface area contributed by atoms with Crippen molar-refractivity contribution < 1.29 is 0 Å². The van der Waals surface area contributed by atoms with Gasteiger partial charge in [0, 0.05) is 30.3 Å². The normalized spacial score (nSPS) is 10.8. The molecule has 1 aromatic carbocycles. The fourth-order valence-electron chi connectivity index (χ4n) is 2.81. The number of H-pyrrole nitrogens is 1. The number of aryl methyl sites for hydroxylation is 1. The van der Waals surface area contributed by atoms with Crippen LogP contribution in [-0.2, 0) is 13.5 Å². The number of aromatic nitrogens is 4. The summed E-state index contributed by atoms with van der Waals surface area (Å²) in [6, 6.07) is 9.89. The third-order valence-electron chi connectivity index (χ3n) is 3.88. The average Bonchev–Trinajstić information content (AvgIpc) is 2.90. The summed E-state index contributed by atoms with van der Waals surface area (Å²) < 4.78 is 1.61. The van der Waals surface area contributed by atoms with Crippen LogP contribution in [0, 0.1) is 0 Å². The van der Waals surface area contributed by atoms with E-state index in [1.807, 2.05) is 36.5 Å². The molecule has 0 saturated heterocycles. The predicted octanol–water partition coefficient (Wildman–Crippen LogP) is 2.82. The topological polar surface area (TPSA) is 63.6 Å². The van der Waals surface area contributed by atoms with Crippen LogP contribution in [0.2, 0.25) is 0 Å². The summed E-state index contributed by atoms with van der Waals surface area (Å²) in [5.41, 5.74) is 4.43. The number of fused-ring (bicyclic) bond motifs is 2. The van der Waals surface area contributed by atoms with Crippen molar-refractivity contribution in [3.63, 3.8) is 0 Å². The molecular formula is C17H15ClN4O. The second-order valence-corrected chi connectivity index (χ2v) is 5.40. The van der Waals surface area contributed by atoms with Gasteiger partial charge in [0.15, 0.2) is 0 Å². The van der Waals surface area contributed by atoms with Crippen LogP contribution in [0.4, 0.5) is 0 Å². The first-order valence-electron chi connectivity index (χ1n) is 7.08. The SMILES string of the molecule is Cl.Cn1ncc2[nH]c3ccc(Cc4cccnc4)cc3c(=O)c21. The third-order valence-corrected chi connectivity index (χ3v) is 3.88. The highest BCUT2D eigenvalue weighted by Crippen LogP contribution is 2.17. The van der Waals surface area contributed by atoms with E-state index in [1.54, 1.807) is 24.1 Å². The molecule has 0 spiro atoms.